The molecule has 2 bridgehead atoms. The standard InChI is InChI=1S/C17H18N2O4/c20-12-5-3-11(4-6-12)18-13(21)8-19-16(22)14-9-1-2-10(7-9)15(14)17(19)23/h3-6,9-10,14-15,20H,1-2,7-8H2,(H,18,21)/t9-,10-,14-,15-/m0/s1. The highest BCUT2D eigenvalue weighted by molar-refractivity contribution is 6.09. The van der Waals surface area contributed by atoms with Crippen LogP contribution in [0, 0.1) is 23.7 Å². The topological polar surface area (TPSA) is 86.7 Å². The zero-order valence-electron chi connectivity index (χ0n) is 12.6. The highest BCUT2D eigenvalue weighted by Gasteiger charge is 2.60. The fourth-order valence-electron chi connectivity index (χ4n) is 4.52. The first-order valence-corrected chi connectivity index (χ1v) is 7.98. The number of imide groups is 1. The van der Waals surface area contributed by atoms with Crippen LogP contribution in [0.15, 0.2) is 24.3 Å². The van der Waals surface area contributed by atoms with Crippen molar-refractivity contribution in [1.82, 2.24) is 4.90 Å². The Morgan fingerprint density at radius 2 is 1.65 bits per heavy atom. The van der Waals surface area contributed by atoms with E-state index in [2.05, 4.69) is 5.32 Å². The second-order valence-corrected chi connectivity index (χ2v) is 6.74. The van der Waals surface area contributed by atoms with Crippen molar-refractivity contribution >= 4 is 23.4 Å². The lowest BCUT2D eigenvalue weighted by Crippen LogP contribution is -2.39. The number of hydrogen-bond donors (Lipinski definition) is 2. The second kappa shape index (κ2) is 5.08. The fourth-order valence-corrected chi connectivity index (χ4v) is 4.52. The van der Waals surface area contributed by atoms with Gasteiger partial charge in [0, 0.05) is 5.69 Å². The quantitative estimate of drug-likeness (QED) is 0.651. The molecule has 2 saturated carbocycles. The van der Waals surface area contributed by atoms with E-state index in [0.717, 1.165) is 24.2 Å². The minimum absolute atomic E-state index is 0.108. The molecule has 1 heterocycles. The SMILES string of the molecule is O=C(CN1C(=O)[C@H]2[C@H]3CC[C@@H](C3)[C@@H]2C1=O)Nc1ccc(O)cc1. The van der Waals surface area contributed by atoms with E-state index < -0.39 is 5.91 Å². The van der Waals surface area contributed by atoms with Gasteiger partial charge in [-0.2, -0.15) is 0 Å². The highest BCUT2D eigenvalue weighted by atomic mass is 16.3. The number of benzene rings is 1. The van der Waals surface area contributed by atoms with Gasteiger partial charge in [-0.05, 0) is 55.4 Å². The number of likely N-dealkylation sites (tertiary alicyclic amines) is 1. The first-order valence-electron chi connectivity index (χ1n) is 7.98. The first kappa shape index (κ1) is 14.2. The van der Waals surface area contributed by atoms with Gasteiger partial charge in [-0.3, -0.25) is 19.3 Å². The molecule has 3 aliphatic rings. The number of amides is 3. The van der Waals surface area contributed by atoms with Crippen molar-refractivity contribution < 1.29 is 19.5 Å². The predicted molar refractivity (Wildman–Crippen MR) is 81.3 cm³/mol. The zero-order valence-corrected chi connectivity index (χ0v) is 12.6. The summed E-state index contributed by atoms with van der Waals surface area (Å²) in [7, 11) is 0. The van der Waals surface area contributed by atoms with Gasteiger partial charge in [0.25, 0.3) is 0 Å². The molecule has 3 fully saturated rings. The molecule has 3 amide bonds. The summed E-state index contributed by atoms with van der Waals surface area (Å²) < 4.78 is 0. The Hall–Kier alpha value is -2.37. The van der Waals surface area contributed by atoms with Crippen molar-refractivity contribution in [1.29, 1.82) is 0 Å². The summed E-state index contributed by atoms with van der Waals surface area (Å²) in [6.45, 7) is -0.231. The van der Waals surface area contributed by atoms with Gasteiger partial charge >= 0.3 is 0 Å². The molecule has 0 radical (unpaired) electrons. The third-order valence-electron chi connectivity index (χ3n) is 5.47. The van der Waals surface area contributed by atoms with Gasteiger partial charge in [-0.25, -0.2) is 0 Å². The summed E-state index contributed by atoms with van der Waals surface area (Å²) in [5.74, 6) is -0.370. The number of hydrogen-bond acceptors (Lipinski definition) is 4. The van der Waals surface area contributed by atoms with E-state index in [1.54, 1.807) is 12.1 Å². The molecule has 4 rings (SSSR count). The van der Waals surface area contributed by atoms with Gasteiger partial charge in [-0.1, -0.05) is 0 Å². The third kappa shape index (κ3) is 2.20. The predicted octanol–water partition coefficient (Wildman–Crippen LogP) is 1.36. The number of anilines is 1. The molecule has 1 aromatic carbocycles. The van der Waals surface area contributed by atoms with Crippen molar-refractivity contribution in [3.05, 3.63) is 24.3 Å². The normalized spacial score (nSPS) is 31.6. The maximum absolute atomic E-state index is 12.5. The van der Waals surface area contributed by atoms with Crippen LogP contribution in [0.4, 0.5) is 5.69 Å². The van der Waals surface area contributed by atoms with Crippen molar-refractivity contribution in [3.63, 3.8) is 0 Å². The average Bonchev–Trinajstić information content (AvgIpc) is 3.19. The van der Waals surface area contributed by atoms with E-state index in [4.69, 9.17) is 0 Å². The van der Waals surface area contributed by atoms with E-state index in [1.165, 1.54) is 12.1 Å². The minimum atomic E-state index is -0.398. The summed E-state index contributed by atoms with van der Waals surface area (Å²) in [4.78, 5) is 38.3. The summed E-state index contributed by atoms with van der Waals surface area (Å²) in [5, 5.41) is 11.9. The molecule has 6 heteroatoms. The van der Waals surface area contributed by atoms with Crippen LogP contribution in [0.5, 0.6) is 5.75 Å². The van der Waals surface area contributed by atoms with E-state index in [9.17, 15) is 19.5 Å². The van der Waals surface area contributed by atoms with Crippen LogP contribution >= 0.6 is 0 Å². The molecule has 2 aliphatic carbocycles. The molecule has 120 valence electrons. The van der Waals surface area contributed by atoms with Gasteiger partial charge in [0.1, 0.15) is 12.3 Å². The monoisotopic (exact) mass is 314 g/mol. The molecule has 1 saturated heterocycles. The van der Waals surface area contributed by atoms with Crippen molar-refractivity contribution in [3.8, 4) is 5.75 Å². The lowest BCUT2D eigenvalue weighted by atomic mass is 9.81. The first-order chi connectivity index (χ1) is 11.0. The van der Waals surface area contributed by atoms with E-state index >= 15 is 0 Å². The Bertz CT molecular complexity index is 656. The fraction of sp³-hybridized carbons (Fsp3) is 0.471. The van der Waals surface area contributed by atoms with Crippen LogP contribution < -0.4 is 5.32 Å². The Labute approximate surface area is 133 Å². The lowest BCUT2D eigenvalue weighted by Gasteiger charge is -2.19. The summed E-state index contributed by atoms with van der Waals surface area (Å²) in [6, 6.07) is 6.05. The number of phenolic OH excluding ortho intramolecular Hbond substituents is 1. The number of fused-ring (bicyclic) bond motifs is 5. The van der Waals surface area contributed by atoms with Crippen LogP contribution in [-0.4, -0.2) is 34.3 Å². The number of nitrogens with one attached hydrogen (secondary N) is 1. The zero-order chi connectivity index (χ0) is 16.1. The average molecular weight is 314 g/mol. The summed E-state index contributed by atoms with van der Waals surface area (Å²) in [5.41, 5.74) is 0.521. The van der Waals surface area contributed by atoms with Gasteiger partial charge in [0.2, 0.25) is 17.7 Å². The summed E-state index contributed by atoms with van der Waals surface area (Å²) in [6.07, 6.45) is 3.04. The van der Waals surface area contributed by atoms with Crippen molar-refractivity contribution in [2.45, 2.75) is 19.3 Å². The number of carbonyl (C=O) groups excluding carboxylic acids is 3. The van der Waals surface area contributed by atoms with Crippen molar-refractivity contribution in [2.24, 2.45) is 23.7 Å². The number of carbonyl (C=O) groups is 3. The van der Waals surface area contributed by atoms with Gasteiger partial charge in [0.15, 0.2) is 0 Å². The van der Waals surface area contributed by atoms with Crippen molar-refractivity contribution in [2.75, 3.05) is 11.9 Å². The van der Waals surface area contributed by atoms with Gasteiger partial charge in [-0.15, -0.1) is 0 Å². The molecule has 4 atom stereocenters. The smallest absolute Gasteiger partial charge is 0.244 e. The van der Waals surface area contributed by atoms with Crippen LogP contribution in [0.25, 0.3) is 0 Å². The molecule has 2 N–H and O–H groups in total. The Morgan fingerprint density at radius 3 is 2.22 bits per heavy atom. The number of rotatable bonds is 3. The maximum atomic E-state index is 12.5. The second-order valence-electron chi connectivity index (χ2n) is 6.74. The van der Waals surface area contributed by atoms with Crippen LogP contribution in [0.1, 0.15) is 19.3 Å². The lowest BCUT2D eigenvalue weighted by molar-refractivity contribution is -0.143. The minimum Gasteiger partial charge on any atom is -0.508 e. The Morgan fingerprint density at radius 1 is 1.09 bits per heavy atom. The molecule has 6 nitrogen and oxygen atoms in total. The number of phenols is 1. The highest BCUT2D eigenvalue weighted by Crippen LogP contribution is 2.56. The molecular weight excluding hydrogens is 296 g/mol. The van der Waals surface area contributed by atoms with E-state index in [1.807, 2.05) is 0 Å². The van der Waals surface area contributed by atoms with Crippen LogP contribution in [0.2, 0.25) is 0 Å². The Kier molecular flexibility index (Phi) is 3.14. The molecule has 0 spiro atoms. The van der Waals surface area contributed by atoms with E-state index in [0.29, 0.717) is 17.5 Å². The third-order valence-corrected chi connectivity index (χ3v) is 5.47. The molecular formula is C17H18N2O4. The van der Waals surface area contributed by atoms with Gasteiger partial charge in [0.05, 0.1) is 11.8 Å². The van der Waals surface area contributed by atoms with Crippen LogP contribution in [-0.2, 0) is 14.4 Å². The molecule has 1 aliphatic heterocycles. The molecule has 1 aromatic rings. The Balaban J connectivity index is 1.44. The largest absolute Gasteiger partial charge is 0.508 e. The number of nitrogens with zero attached hydrogens (tertiary/aromatic N) is 1. The molecule has 23 heavy (non-hydrogen) atoms. The molecule has 0 unspecified atom stereocenters. The molecule has 0 aromatic heterocycles. The van der Waals surface area contributed by atoms with Crippen LogP contribution in [0.3, 0.4) is 0 Å². The van der Waals surface area contributed by atoms with E-state index in [-0.39, 0.29) is 35.9 Å². The summed E-state index contributed by atoms with van der Waals surface area (Å²) >= 11 is 0. The number of aromatic hydroxyl groups is 1. The maximum Gasteiger partial charge on any atom is 0.244 e. The van der Waals surface area contributed by atoms with Gasteiger partial charge < -0.3 is 10.4 Å².